The molecule has 1 N–H and O–H groups in total. The molecule has 0 spiro atoms. The summed E-state index contributed by atoms with van der Waals surface area (Å²) in [5, 5.41) is 2.45. The number of hydrogen-bond acceptors (Lipinski definition) is 3. The van der Waals surface area contributed by atoms with Crippen LogP contribution in [0, 0.1) is 12.7 Å². The Morgan fingerprint density at radius 2 is 1.96 bits per heavy atom. The van der Waals surface area contributed by atoms with Crippen molar-refractivity contribution >= 4 is 11.5 Å². The van der Waals surface area contributed by atoms with Crippen LogP contribution in [0.5, 0.6) is 5.75 Å². The third-order valence-corrected chi connectivity index (χ3v) is 3.44. The molecule has 0 saturated heterocycles. The van der Waals surface area contributed by atoms with Gasteiger partial charge in [-0.25, -0.2) is 9.37 Å². The van der Waals surface area contributed by atoms with Crippen molar-refractivity contribution in [1.29, 1.82) is 0 Å². The summed E-state index contributed by atoms with van der Waals surface area (Å²) >= 11 is 0. The van der Waals surface area contributed by atoms with Gasteiger partial charge in [0.1, 0.15) is 17.3 Å². The second-order valence-corrected chi connectivity index (χ2v) is 5.63. The molecule has 2 rings (SSSR count). The second kappa shape index (κ2) is 7.55. The van der Waals surface area contributed by atoms with Crippen molar-refractivity contribution in [2.24, 2.45) is 0 Å². The van der Waals surface area contributed by atoms with Gasteiger partial charge in [-0.3, -0.25) is 4.79 Å². The van der Waals surface area contributed by atoms with E-state index in [0.717, 1.165) is 18.2 Å². The summed E-state index contributed by atoms with van der Waals surface area (Å²) in [4.78, 5) is 16.5. The lowest BCUT2D eigenvalue weighted by Gasteiger charge is -2.12. The second-order valence-electron chi connectivity index (χ2n) is 5.63. The lowest BCUT2D eigenvalue weighted by Crippen LogP contribution is -2.25. The first-order valence-electron chi connectivity index (χ1n) is 7.52. The summed E-state index contributed by atoms with van der Waals surface area (Å²) in [5.41, 5.74) is 1.79. The summed E-state index contributed by atoms with van der Waals surface area (Å²) in [5.74, 6) is -1.91. The van der Waals surface area contributed by atoms with Gasteiger partial charge in [-0.1, -0.05) is 12.6 Å². The average molecular weight is 368 g/mol. The number of rotatable bonds is 5. The van der Waals surface area contributed by atoms with E-state index in [-0.39, 0.29) is 17.8 Å². The fourth-order valence-electron chi connectivity index (χ4n) is 2.14. The maximum Gasteiger partial charge on any atom is 0.573 e. The lowest BCUT2D eigenvalue weighted by molar-refractivity contribution is -0.274. The van der Waals surface area contributed by atoms with Gasteiger partial charge >= 0.3 is 6.36 Å². The number of halogens is 4. The Morgan fingerprint density at radius 3 is 2.58 bits per heavy atom. The minimum atomic E-state index is -4.89. The number of alkyl halides is 3. The lowest BCUT2D eigenvalue weighted by atomic mass is 10.1. The summed E-state index contributed by atoms with van der Waals surface area (Å²) in [6, 6.07) is 5.99. The Hall–Kier alpha value is -2.90. The highest BCUT2D eigenvalue weighted by atomic mass is 19.4. The molecule has 8 heteroatoms. The number of allylic oxidation sites excluding steroid dienone is 1. The molecule has 0 aliphatic carbocycles. The van der Waals surface area contributed by atoms with Gasteiger partial charge in [-0.05, 0) is 49.2 Å². The topological polar surface area (TPSA) is 51.2 Å². The van der Waals surface area contributed by atoms with Crippen LogP contribution in [-0.2, 0) is 6.54 Å². The molecular formula is C18H16F4N2O2. The van der Waals surface area contributed by atoms with Crippen LogP contribution in [0.25, 0.3) is 5.57 Å². The number of pyridine rings is 1. The summed E-state index contributed by atoms with van der Waals surface area (Å²) in [6.07, 6.45) is -4.89. The SMILES string of the molecule is C=C(C)c1ccc(C)c(C(=O)NCc2cc(OC(F)(F)F)ccc2F)n1. The molecule has 4 nitrogen and oxygen atoms in total. The number of carbonyl (C=O) groups excluding carboxylic acids is 1. The fraction of sp³-hybridized carbons (Fsp3) is 0.222. The van der Waals surface area contributed by atoms with Gasteiger partial charge in [0.05, 0.1) is 5.69 Å². The third-order valence-electron chi connectivity index (χ3n) is 3.44. The number of aryl methyl sites for hydroxylation is 1. The first-order chi connectivity index (χ1) is 12.1. The van der Waals surface area contributed by atoms with Crippen LogP contribution in [0.15, 0.2) is 36.9 Å². The van der Waals surface area contributed by atoms with Crippen LogP contribution in [0.1, 0.15) is 34.2 Å². The number of aromatic nitrogens is 1. The van der Waals surface area contributed by atoms with Crippen molar-refractivity contribution in [3.63, 3.8) is 0 Å². The molecule has 1 aromatic heterocycles. The van der Waals surface area contributed by atoms with Crippen molar-refractivity contribution < 1.29 is 27.1 Å². The molecule has 0 aliphatic rings. The third kappa shape index (κ3) is 5.05. The molecule has 0 aliphatic heterocycles. The van der Waals surface area contributed by atoms with Gasteiger partial charge in [0.2, 0.25) is 0 Å². The molecule has 26 heavy (non-hydrogen) atoms. The number of nitrogens with zero attached hydrogens (tertiary/aromatic N) is 1. The molecule has 0 saturated carbocycles. The van der Waals surface area contributed by atoms with Gasteiger partial charge in [0.15, 0.2) is 0 Å². The highest BCUT2D eigenvalue weighted by molar-refractivity contribution is 5.94. The van der Waals surface area contributed by atoms with E-state index in [0.29, 0.717) is 16.8 Å². The zero-order valence-electron chi connectivity index (χ0n) is 14.1. The molecule has 1 amide bonds. The molecule has 2 aromatic rings. The maximum atomic E-state index is 13.8. The monoisotopic (exact) mass is 368 g/mol. The highest BCUT2D eigenvalue weighted by Gasteiger charge is 2.31. The normalized spacial score (nSPS) is 11.2. The van der Waals surface area contributed by atoms with E-state index >= 15 is 0 Å². The van der Waals surface area contributed by atoms with E-state index in [2.05, 4.69) is 21.6 Å². The highest BCUT2D eigenvalue weighted by Crippen LogP contribution is 2.24. The molecule has 0 atom stereocenters. The van der Waals surface area contributed by atoms with Crippen LogP contribution in [-0.4, -0.2) is 17.3 Å². The Bertz CT molecular complexity index is 848. The van der Waals surface area contributed by atoms with Crippen molar-refractivity contribution in [1.82, 2.24) is 10.3 Å². The molecule has 0 bridgehead atoms. The number of nitrogens with one attached hydrogen (secondary N) is 1. The van der Waals surface area contributed by atoms with Crippen molar-refractivity contribution in [2.75, 3.05) is 0 Å². The van der Waals surface area contributed by atoms with Crippen molar-refractivity contribution in [3.05, 3.63) is 65.2 Å². The Kier molecular flexibility index (Phi) is 5.64. The van der Waals surface area contributed by atoms with Crippen LogP contribution in [0.4, 0.5) is 17.6 Å². The Balaban J connectivity index is 2.16. The molecule has 0 fully saturated rings. The number of ether oxygens (including phenoxy) is 1. The van der Waals surface area contributed by atoms with Gasteiger partial charge in [0, 0.05) is 12.1 Å². The number of carbonyl (C=O) groups is 1. The van der Waals surface area contributed by atoms with E-state index in [1.807, 2.05) is 0 Å². The van der Waals surface area contributed by atoms with Gasteiger partial charge in [0.25, 0.3) is 5.91 Å². The van der Waals surface area contributed by atoms with Crippen LogP contribution >= 0.6 is 0 Å². The predicted molar refractivity (Wildman–Crippen MR) is 87.9 cm³/mol. The smallest absolute Gasteiger partial charge is 0.406 e. The van der Waals surface area contributed by atoms with Crippen molar-refractivity contribution in [3.8, 4) is 5.75 Å². The van der Waals surface area contributed by atoms with E-state index in [1.165, 1.54) is 0 Å². The standard InChI is InChI=1S/C18H16F4N2O2/c1-10(2)15-7-4-11(3)16(24-15)17(25)23-9-12-8-13(5-6-14(12)19)26-18(20,21)22/h4-8H,1,9H2,2-3H3,(H,23,25). The maximum absolute atomic E-state index is 13.8. The largest absolute Gasteiger partial charge is 0.573 e. The summed E-state index contributed by atoms with van der Waals surface area (Å²) < 4.78 is 54.3. The number of hydrogen-bond donors (Lipinski definition) is 1. The predicted octanol–water partition coefficient (Wildman–Crippen LogP) is 4.39. The van der Waals surface area contributed by atoms with E-state index < -0.39 is 23.8 Å². The zero-order chi connectivity index (χ0) is 19.5. The minimum Gasteiger partial charge on any atom is -0.406 e. The van der Waals surface area contributed by atoms with Gasteiger partial charge in [-0.15, -0.1) is 13.2 Å². The van der Waals surface area contributed by atoms with Crippen molar-refractivity contribution in [2.45, 2.75) is 26.8 Å². The Labute approximate surface area is 147 Å². The molecule has 0 unspecified atom stereocenters. The molecule has 138 valence electrons. The molecule has 1 heterocycles. The summed E-state index contributed by atoms with van der Waals surface area (Å²) in [6.45, 7) is 6.85. The van der Waals surface area contributed by atoms with E-state index in [9.17, 15) is 22.4 Å². The first-order valence-corrected chi connectivity index (χ1v) is 7.52. The molecular weight excluding hydrogens is 352 g/mol. The molecule has 0 radical (unpaired) electrons. The first kappa shape index (κ1) is 19.4. The van der Waals surface area contributed by atoms with Crippen LogP contribution in [0.3, 0.4) is 0 Å². The molecule has 1 aromatic carbocycles. The zero-order valence-corrected chi connectivity index (χ0v) is 14.1. The fourth-order valence-corrected chi connectivity index (χ4v) is 2.14. The number of amides is 1. The number of benzene rings is 1. The van der Waals surface area contributed by atoms with Crippen LogP contribution in [0.2, 0.25) is 0 Å². The Morgan fingerprint density at radius 1 is 1.27 bits per heavy atom. The van der Waals surface area contributed by atoms with E-state index in [1.54, 1.807) is 26.0 Å². The average Bonchev–Trinajstić information content (AvgIpc) is 2.54. The van der Waals surface area contributed by atoms with Gasteiger partial charge < -0.3 is 10.1 Å². The summed E-state index contributed by atoms with van der Waals surface area (Å²) in [7, 11) is 0. The quantitative estimate of drug-likeness (QED) is 0.797. The van der Waals surface area contributed by atoms with Gasteiger partial charge in [-0.2, -0.15) is 0 Å². The minimum absolute atomic E-state index is 0.133. The van der Waals surface area contributed by atoms with Crippen LogP contribution < -0.4 is 10.1 Å². The van der Waals surface area contributed by atoms with E-state index in [4.69, 9.17) is 0 Å².